The molecule has 0 unspecified atom stereocenters. The van der Waals surface area contributed by atoms with Gasteiger partial charge in [-0.25, -0.2) is 14.4 Å². The second-order valence-electron chi connectivity index (χ2n) is 5.72. The number of aromatic nitrogens is 3. The lowest BCUT2D eigenvalue weighted by Crippen LogP contribution is -1.98. The van der Waals surface area contributed by atoms with Gasteiger partial charge >= 0.3 is 0 Å². The van der Waals surface area contributed by atoms with Crippen LogP contribution in [0.4, 0.5) is 4.39 Å². The van der Waals surface area contributed by atoms with Crippen molar-refractivity contribution in [3.8, 4) is 11.4 Å². The van der Waals surface area contributed by atoms with Gasteiger partial charge in [-0.1, -0.05) is 36.4 Å². The number of benzene rings is 3. The molecule has 2 aromatic heterocycles. The lowest BCUT2D eigenvalue weighted by Gasteiger charge is -2.09. The second-order valence-corrected chi connectivity index (χ2v) is 5.72. The highest BCUT2D eigenvalue weighted by Gasteiger charge is 2.15. The van der Waals surface area contributed by atoms with Crippen LogP contribution in [-0.4, -0.2) is 14.4 Å². The van der Waals surface area contributed by atoms with Crippen molar-refractivity contribution in [2.45, 2.75) is 0 Å². The summed E-state index contributed by atoms with van der Waals surface area (Å²) in [7, 11) is 0. The minimum absolute atomic E-state index is 0.278. The fourth-order valence-electron chi connectivity index (χ4n) is 3.17. The first-order valence-corrected chi connectivity index (χ1v) is 7.73. The van der Waals surface area contributed by atoms with Gasteiger partial charge in [0, 0.05) is 10.9 Å². The lowest BCUT2D eigenvalue weighted by atomic mass is 10.1. The molecule has 0 spiro atoms. The van der Waals surface area contributed by atoms with Crippen LogP contribution in [0.2, 0.25) is 0 Å². The molecule has 0 aliphatic heterocycles. The monoisotopic (exact) mass is 313 g/mol. The molecule has 0 aliphatic carbocycles. The van der Waals surface area contributed by atoms with Crippen molar-refractivity contribution in [2.75, 3.05) is 0 Å². The van der Waals surface area contributed by atoms with Gasteiger partial charge in [0.1, 0.15) is 17.3 Å². The number of nitrogens with zero attached hydrogens (tertiary/aromatic N) is 3. The van der Waals surface area contributed by atoms with Crippen LogP contribution in [0.25, 0.3) is 39.0 Å². The summed E-state index contributed by atoms with van der Waals surface area (Å²) in [5.74, 6) is 0.414. The Labute approximate surface area is 137 Å². The standard InChI is InChI=1S/C20H12FN3/c21-14-7-5-6-13(12-14)19-22-16-9-2-1-8-15(16)20-23-17-10-3-4-11-18(17)24(19)20/h1-12H. The molecule has 3 aromatic carbocycles. The zero-order chi connectivity index (χ0) is 16.1. The van der Waals surface area contributed by atoms with Gasteiger partial charge in [-0.05, 0) is 36.4 Å². The van der Waals surface area contributed by atoms with Crippen molar-refractivity contribution in [3.05, 3.63) is 78.6 Å². The van der Waals surface area contributed by atoms with Crippen LogP contribution in [0, 0.1) is 5.82 Å². The molecule has 0 amide bonds. The van der Waals surface area contributed by atoms with Crippen molar-refractivity contribution in [1.29, 1.82) is 0 Å². The smallest absolute Gasteiger partial charge is 0.149 e. The van der Waals surface area contributed by atoms with Crippen molar-refractivity contribution in [2.24, 2.45) is 0 Å². The number of imidazole rings is 1. The number of rotatable bonds is 1. The average molecular weight is 313 g/mol. The van der Waals surface area contributed by atoms with Crippen LogP contribution in [0.1, 0.15) is 0 Å². The van der Waals surface area contributed by atoms with Crippen LogP contribution in [0.15, 0.2) is 72.8 Å². The highest BCUT2D eigenvalue weighted by molar-refractivity contribution is 5.98. The number of hydrogen-bond acceptors (Lipinski definition) is 2. The third kappa shape index (κ3) is 1.83. The quantitative estimate of drug-likeness (QED) is 0.443. The molecule has 5 aromatic rings. The van der Waals surface area contributed by atoms with E-state index in [-0.39, 0.29) is 5.82 Å². The molecule has 0 saturated carbocycles. The summed E-state index contributed by atoms with van der Waals surface area (Å²) in [5, 5.41) is 0.980. The van der Waals surface area contributed by atoms with E-state index in [4.69, 9.17) is 9.97 Å². The van der Waals surface area contributed by atoms with E-state index in [0.717, 1.165) is 33.1 Å². The van der Waals surface area contributed by atoms with Gasteiger partial charge < -0.3 is 0 Å². The van der Waals surface area contributed by atoms with E-state index in [1.165, 1.54) is 12.1 Å². The van der Waals surface area contributed by atoms with Gasteiger partial charge in [0.05, 0.1) is 16.6 Å². The number of hydrogen-bond donors (Lipinski definition) is 0. The van der Waals surface area contributed by atoms with E-state index < -0.39 is 0 Å². The molecule has 0 bridgehead atoms. The van der Waals surface area contributed by atoms with Gasteiger partial charge in [0.2, 0.25) is 0 Å². The van der Waals surface area contributed by atoms with Crippen LogP contribution in [-0.2, 0) is 0 Å². The van der Waals surface area contributed by atoms with E-state index in [9.17, 15) is 4.39 Å². The number of para-hydroxylation sites is 3. The van der Waals surface area contributed by atoms with E-state index in [0.29, 0.717) is 5.82 Å². The highest BCUT2D eigenvalue weighted by Crippen LogP contribution is 2.29. The molecule has 0 N–H and O–H groups in total. The molecule has 0 atom stereocenters. The minimum atomic E-state index is -0.278. The predicted octanol–water partition coefficient (Wildman–Crippen LogP) is 4.84. The van der Waals surface area contributed by atoms with Crippen LogP contribution >= 0.6 is 0 Å². The van der Waals surface area contributed by atoms with E-state index in [1.54, 1.807) is 6.07 Å². The Kier molecular flexibility index (Phi) is 2.67. The zero-order valence-electron chi connectivity index (χ0n) is 12.6. The summed E-state index contributed by atoms with van der Waals surface area (Å²) in [6.07, 6.45) is 0. The fraction of sp³-hybridized carbons (Fsp3) is 0. The summed E-state index contributed by atoms with van der Waals surface area (Å²) >= 11 is 0. The van der Waals surface area contributed by atoms with Crippen molar-refractivity contribution < 1.29 is 4.39 Å². The Balaban J connectivity index is 2.04. The van der Waals surface area contributed by atoms with Gasteiger partial charge in [0.25, 0.3) is 0 Å². The van der Waals surface area contributed by atoms with Crippen molar-refractivity contribution >= 4 is 27.6 Å². The largest absolute Gasteiger partial charge is 0.276 e. The fourth-order valence-corrected chi connectivity index (χ4v) is 3.17. The Morgan fingerprint density at radius 3 is 2.42 bits per heavy atom. The Bertz CT molecular complexity index is 1220. The normalized spacial score (nSPS) is 11.5. The third-order valence-electron chi connectivity index (χ3n) is 4.23. The summed E-state index contributed by atoms with van der Waals surface area (Å²) in [6, 6.07) is 22.3. The van der Waals surface area contributed by atoms with Crippen molar-refractivity contribution in [1.82, 2.24) is 14.4 Å². The average Bonchev–Trinajstić information content (AvgIpc) is 3.01. The first kappa shape index (κ1) is 13.2. The molecule has 0 saturated heterocycles. The summed E-state index contributed by atoms with van der Waals surface area (Å²) in [6.45, 7) is 0. The van der Waals surface area contributed by atoms with E-state index in [2.05, 4.69) is 0 Å². The summed E-state index contributed by atoms with van der Waals surface area (Å²) in [5.41, 5.74) is 4.27. The summed E-state index contributed by atoms with van der Waals surface area (Å²) in [4.78, 5) is 9.57. The SMILES string of the molecule is Fc1cccc(-c2nc3ccccc3c3nc4ccccc4n23)c1. The maximum absolute atomic E-state index is 13.8. The van der Waals surface area contributed by atoms with Gasteiger partial charge in [0.15, 0.2) is 0 Å². The number of fused-ring (bicyclic) bond motifs is 5. The second kappa shape index (κ2) is 4.86. The molecule has 114 valence electrons. The Morgan fingerprint density at radius 1 is 0.750 bits per heavy atom. The first-order valence-electron chi connectivity index (χ1n) is 7.73. The van der Waals surface area contributed by atoms with Gasteiger partial charge in [-0.3, -0.25) is 4.40 Å². The number of halogens is 1. The molecule has 5 rings (SSSR count). The molecular weight excluding hydrogens is 301 g/mol. The molecule has 0 aliphatic rings. The molecule has 0 fully saturated rings. The maximum Gasteiger partial charge on any atom is 0.149 e. The molecule has 4 heteroatoms. The lowest BCUT2D eigenvalue weighted by molar-refractivity contribution is 0.628. The zero-order valence-corrected chi connectivity index (χ0v) is 12.6. The molecule has 2 heterocycles. The molecular formula is C20H12FN3. The molecule has 3 nitrogen and oxygen atoms in total. The first-order chi connectivity index (χ1) is 11.8. The topological polar surface area (TPSA) is 30.2 Å². The Morgan fingerprint density at radius 2 is 1.54 bits per heavy atom. The third-order valence-corrected chi connectivity index (χ3v) is 4.23. The highest BCUT2D eigenvalue weighted by atomic mass is 19.1. The predicted molar refractivity (Wildman–Crippen MR) is 93.4 cm³/mol. The van der Waals surface area contributed by atoms with Crippen LogP contribution in [0.3, 0.4) is 0 Å². The minimum Gasteiger partial charge on any atom is -0.276 e. The van der Waals surface area contributed by atoms with Gasteiger partial charge in [-0.2, -0.15) is 0 Å². The van der Waals surface area contributed by atoms with Crippen molar-refractivity contribution in [3.63, 3.8) is 0 Å². The molecule has 24 heavy (non-hydrogen) atoms. The Hall–Kier alpha value is -3.27. The van der Waals surface area contributed by atoms with E-state index >= 15 is 0 Å². The van der Waals surface area contributed by atoms with Crippen LogP contribution < -0.4 is 0 Å². The van der Waals surface area contributed by atoms with Crippen LogP contribution in [0.5, 0.6) is 0 Å². The van der Waals surface area contributed by atoms with E-state index in [1.807, 2.05) is 59.0 Å². The summed E-state index contributed by atoms with van der Waals surface area (Å²) < 4.78 is 15.8. The molecule has 0 radical (unpaired) electrons. The van der Waals surface area contributed by atoms with Gasteiger partial charge in [-0.15, -0.1) is 0 Å². The maximum atomic E-state index is 13.8.